The monoisotopic (exact) mass is 112 g/mol. The summed E-state index contributed by atoms with van der Waals surface area (Å²) in [7, 11) is 0. The second-order valence-electron chi connectivity index (χ2n) is 1.54. The van der Waals surface area contributed by atoms with Crippen LogP contribution in [-0.2, 0) is 0 Å². The van der Waals surface area contributed by atoms with E-state index in [9.17, 15) is 0 Å². The average Bonchev–Trinajstić information content (AvgIpc) is 1.83. The van der Waals surface area contributed by atoms with E-state index in [0.29, 0.717) is 0 Å². The van der Waals surface area contributed by atoms with Gasteiger partial charge < -0.3 is 5.11 Å². The molecular formula is C7H12O. The Kier molecular flexibility index (Phi) is 4.27. The van der Waals surface area contributed by atoms with Crippen molar-refractivity contribution in [1.82, 2.24) is 0 Å². The van der Waals surface area contributed by atoms with Gasteiger partial charge in [0.05, 0.1) is 0 Å². The molecule has 0 unspecified atom stereocenters. The molecule has 0 radical (unpaired) electrons. The summed E-state index contributed by atoms with van der Waals surface area (Å²) in [4.78, 5) is 0. The van der Waals surface area contributed by atoms with Crippen LogP contribution in [-0.4, -0.2) is 11.7 Å². The van der Waals surface area contributed by atoms with E-state index in [4.69, 9.17) is 5.11 Å². The minimum absolute atomic E-state index is 0.214. The van der Waals surface area contributed by atoms with Gasteiger partial charge in [0.15, 0.2) is 0 Å². The van der Waals surface area contributed by atoms with Crippen LogP contribution in [0.5, 0.6) is 0 Å². The summed E-state index contributed by atoms with van der Waals surface area (Å²) in [5.74, 6) is 0. The zero-order valence-electron chi connectivity index (χ0n) is 5.22. The summed E-state index contributed by atoms with van der Waals surface area (Å²) in [6.07, 6.45) is 4.43. The van der Waals surface area contributed by atoms with Gasteiger partial charge in [0, 0.05) is 6.61 Å². The molecule has 0 rings (SSSR count). The van der Waals surface area contributed by atoms with Gasteiger partial charge in [0.1, 0.15) is 0 Å². The van der Waals surface area contributed by atoms with Crippen molar-refractivity contribution in [3.63, 3.8) is 0 Å². The molecule has 0 atom stereocenters. The maximum Gasteiger partial charge on any atom is 0.0471 e. The summed E-state index contributed by atoms with van der Waals surface area (Å²) >= 11 is 0. The number of rotatable bonds is 3. The first-order valence-corrected chi connectivity index (χ1v) is 2.73. The molecule has 0 fully saturated rings. The Hall–Kier alpha value is -0.560. The molecule has 0 bridgehead atoms. The first-order chi connectivity index (χ1) is 3.85. The summed E-state index contributed by atoms with van der Waals surface area (Å²) in [6.45, 7) is 5.72. The van der Waals surface area contributed by atoms with Crippen molar-refractivity contribution >= 4 is 0 Å². The van der Waals surface area contributed by atoms with Gasteiger partial charge in [-0.15, -0.1) is 0 Å². The lowest BCUT2D eigenvalue weighted by molar-refractivity contribution is 0.300. The van der Waals surface area contributed by atoms with Crippen LogP contribution < -0.4 is 0 Å². The van der Waals surface area contributed by atoms with Crippen molar-refractivity contribution < 1.29 is 5.11 Å². The summed E-state index contributed by atoms with van der Waals surface area (Å²) in [6, 6.07) is 0. The van der Waals surface area contributed by atoms with Crippen LogP contribution in [0.15, 0.2) is 24.3 Å². The van der Waals surface area contributed by atoms with Crippen LogP contribution in [0, 0.1) is 0 Å². The SMILES string of the molecule is C=C/C(=C\C)CCO. The number of hydrogen-bond donors (Lipinski definition) is 1. The van der Waals surface area contributed by atoms with Crippen molar-refractivity contribution in [3.8, 4) is 0 Å². The highest BCUT2D eigenvalue weighted by Crippen LogP contribution is 1.98. The Balaban J connectivity index is 3.54. The van der Waals surface area contributed by atoms with Crippen LogP contribution in [0.4, 0.5) is 0 Å². The predicted octanol–water partition coefficient (Wildman–Crippen LogP) is 1.50. The van der Waals surface area contributed by atoms with E-state index in [1.165, 1.54) is 0 Å². The van der Waals surface area contributed by atoms with Gasteiger partial charge >= 0.3 is 0 Å². The Morgan fingerprint density at radius 2 is 2.38 bits per heavy atom. The molecule has 1 N–H and O–H groups in total. The molecule has 0 amide bonds. The smallest absolute Gasteiger partial charge is 0.0471 e. The van der Waals surface area contributed by atoms with Crippen molar-refractivity contribution in [2.45, 2.75) is 13.3 Å². The molecule has 8 heavy (non-hydrogen) atoms. The Bertz CT molecular complexity index is 92.6. The van der Waals surface area contributed by atoms with Gasteiger partial charge in [-0.05, 0) is 13.3 Å². The Labute approximate surface area is 50.3 Å². The van der Waals surface area contributed by atoms with E-state index in [1.807, 2.05) is 13.0 Å². The molecule has 46 valence electrons. The number of hydrogen-bond acceptors (Lipinski definition) is 1. The fraction of sp³-hybridized carbons (Fsp3) is 0.429. The largest absolute Gasteiger partial charge is 0.396 e. The molecule has 1 heteroatoms. The van der Waals surface area contributed by atoms with Gasteiger partial charge in [0.2, 0.25) is 0 Å². The highest BCUT2D eigenvalue weighted by atomic mass is 16.2. The molecule has 0 spiro atoms. The molecule has 0 saturated heterocycles. The predicted molar refractivity (Wildman–Crippen MR) is 35.7 cm³/mol. The molecule has 0 heterocycles. The number of aliphatic hydroxyl groups is 1. The first kappa shape index (κ1) is 7.44. The zero-order valence-corrected chi connectivity index (χ0v) is 5.22. The fourth-order valence-corrected chi connectivity index (χ4v) is 0.493. The quantitative estimate of drug-likeness (QED) is 0.548. The normalized spacial score (nSPS) is 11.5. The maximum absolute atomic E-state index is 8.41. The van der Waals surface area contributed by atoms with Crippen molar-refractivity contribution in [2.75, 3.05) is 6.61 Å². The first-order valence-electron chi connectivity index (χ1n) is 2.73. The summed E-state index contributed by atoms with van der Waals surface area (Å²) in [5.41, 5.74) is 1.10. The highest BCUT2D eigenvalue weighted by Gasteiger charge is 1.84. The van der Waals surface area contributed by atoms with Crippen molar-refractivity contribution in [2.24, 2.45) is 0 Å². The van der Waals surface area contributed by atoms with Crippen LogP contribution >= 0.6 is 0 Å². The third-order valence-corrected chi connectivity index (χ3v) is 1.03. The van der Waals surface area contributed by atoms with E-state index in [1.54, 1.807) is 6.08 Å². The van der Waals surface area contributed by atoms with Crippen LogP contribution in [0.1, 0.15) is 13.3 Å². The molecule has 0 aromatic carbocycles. The van der Waals surface area contributed by atoms with Crippen LogP contribution in [0.2, 0.25) is 0 Å². The van der Waals surface area contributed by atoms with Gasteiger partial charge in [-0.1, -0.05) is 24.3 Å². The van der Waals surface area contributed by atoms with E-state index in [2.05, 4.69) is 6.58 Å². The van der Waals surface area contributed by atoms with E-state index < -0.39 is 0 Å². The molecule has 0 aliphatic rings. The molecule has 1 nitrogen and oxygen atoms in total. The van der Waals surface area contributed by atoms with Gasteiger partial charge in [0.25, 0.3) is 0 Å². The minimum atomic E-state index is 0.214. The second-order valence-corrected chi connectivity index (χ2v) is 1.54. The number of allylic oxidation sites excluding steroid dienone is 2. The lowest BCUT2D eigenvalue weighted by Gasteiger charge is -1.92. The molecule has 0 aliphatic carbocycles. The van der Waals surface area contributed by atoms with E-state index in [0.717, 1.165) is 12.0 Å². The van der Waals surface area contributed by atoms with Crippen LogP contribution in [0.3, 0.4) is 0 Å². The standard InChI is InChI=1S/C7H12O/c1-3-7(4-2)5-6-8/h3-4,8H,1,5-6H2,2H3/b7-4+. The minimum Gasteiger partial charge on any atom is -0.396 e. The Morgan fingerprint density at radius 1 is 1.75 bits per heavy atom. The molecule has 0 aromatic rings. The zero-order chi connectivity index (χ0) is 6.41. The van der Waals surface area contributed by atoms with E-state index >= 15 is 0 Å². The third kappa shape index (κ3) is 2.59. The van der Waals surface area contributed by atoms with Gasteiger partial charge in [-0.25, -0.2) is 0 Å². The van der Waals surface area contributed by atoms with Crippen molar-refractivity contribution in [1.29, 1.82) is 0 Å². The lowest BCUT2D eigenvalue weighted by Crippen LogP contribution is -1.82. The average molecular weight is 112 g/mol. The molecule has 0 saturated carbocycles. The molecular weight excluding hydrogens is 100 g/mol. The summed E-state index contributed by atoms with van der Waals surface area (Å²) in [5, 5.41) is 8.41. The fourth-order valence-electron chi connectivity index (χ4n) is 0.493. The molecule has 0 aromatic heterocycles. The maximum atomic E-state index is 8.41. The topological polar surface area (TPSA) is 20.2 Å². The Morgan fingerprint density at radius 3 is 2.50 bits per heavy atom. The third-order valence-electron chi connectivity index (χ3n) is 1.03. The highest BCUT2D eigenvalue weighted by molar-refractivity contribution is 5.14. The van der Waals surface area contributed by atoms with Gasteiger partial charge in [-0.2, -0.15) is 0 Å². The lowest BCUT2D eigenvalue weighted by atomic mass is 10.2. The van der Waals surface area contributed by atoms with Gasteiger partial charge in [-0.3, -0.25) is 0 Å². The summed E-state index contributed by atoms with van der Waals surface area (Å²) < 4.78 is 0. The van der Waals surface area contributed by atoms with Crippen molar-refractivity contribution in [3.05, 3.63) is 24.3 Å². The second kappa shape index (κ2) is 4.60. The number of aliphatic hydroxyl groups excluding tert-OH is 1. The van der Waals surface area contributed by atoms with Crippen LogP contribution in [0.25, 0.3) is 0 Å². The van der Waals surface area contributed by atoms with E-state index in [-0.39, 0.29) is 6.61 Å². The molecule has 0 aliphatic heterocycles.